The molecule has 0 amide bonds. The van der Waals surface area contributed by atoms with Gasteiger partial charge in [0.1, 0.15) is 5.75 Å². The van der Waals surface area contributed by atoms with E-state index in [1.54, 1.807) is 7.11 Å². The molecule has 100 valence electrons. The molecule has 0 aliphatic heterocycles. The summed E-state index contributed by atoms with van der Waals surface area (Å²) in [5, 5.41) is 10.2. The third-order valence-electron chi connectivity index (χ3n) is 3.18. The molecule has 19 heavy (non-hydrogen) atoms. The molecule has 3 N–H and O–H groups in total. The Bertz CT molecular complexity index is 513. The maximum atomic E-state index is 10.2. The van der Waals surface area contributed by atoms with Gasteiger partial charge in [-0.3, -0.25) is 0 Å². The second kappa shape index (κ2) is 6.36. The molecule has 0 heterocycles. The Balaban J connectivity index is 2.08. The molecule has 0 saturated carbocycles. The Hall–Kier alpha value is -1.84. The zero-order valence-corrected chi connectivity index (χ0v) is 11.0. The van der Waals surface area contributed by atoms with Gasteiger partial charge in [-0.15, -0.1) is 0 Å². The summed E-state index contributed by atoms with van der Waals surface area (Å²) in [6.45, 7) is 0. The van der Waals surface area contributed by atoms with Gasteiger partial charge < -0.3 is 15.6 Å². The van der Waals surface area contributed by atoms with Crippen molar-refractivity contribution in [2.45, 2.75) is 18.6 Å². The molecule has 0 aliphatic rings. The van der Waals surface area contributed by atoms with E-state index >= 15 is 0 Å². The van der Waals surface area contributed by atoms with Crippen molar-refractivity contribution >= 4 is 0 Å². The first-order valence-corrected chi connectivity index (χ1v) is 6.32. The van der Waals surface area contributed by atoms with Crippen molar-refractivity contribution in [1.82, 2.24) is 0 Å². The van der Waals surface area contributed by atoms with E-state index in [4.69, 9.17) is 10.5 Å². The number of rotatable bonds is 5. The molecule has 0 aromatic heterocycles. The Morgan fingerprint density at radius 2 is 1.84 bits per heavy atom. The first-order chi connectivity index (χ1) is 9.20. The number of hydrogen-bond acceptors (Lipinski definition) is 3. The van der Waals surface area contributed by atoms with E-state index in [1.165, 1.54) is 0 Å². The fourth-order valence-corrected chi connectivity index (χ4v) is 2.05. The van der Waals surface area contributed by atoms with Crippen LogP contribution in [0.2, 0.25) is 0 Å². The normalized spacial score (nSPS) is 13.8. The standard InChI is InChI=1S/C16H19NO2/c1-19-14-9-5-8-13(11-14)16(17)15(18)10-12-6-3-2-4-7-12/h2-9,11,15-16,18H,10,17H2,1H3/t15-,16+/m0/s1. The summed E-state index contributed by atoms with van der Waals surface area (Å²) in [5.74, 6) is 0.750. The lowest BCUT2D eigenvalue weighted by atomic mass is 9.97. The zero-order valence-electron chi connectivity index (χ0n) is 11.0. The van der Waals surface area contributed by atoms with E-state index in [1.807, 2.05) is 54.6 Å². The van der Waals surface area contributed by atoms with Gasteiger partial charge in [0.25, 0.3) is 0 Å². The van der Waals surface area contributed by atoms with Crippen LogP contribution in [0.1, 0.15) is 17.2 Å². The minimum atomic E-state index is -0.616. The minimum Gasteiger partial charge on any atom is -0.497 e. The smallest absolute Gasteiger partial charge is 0.119 e. The highest BCUT2D eigenvalue weighted by atomic mass is 16.5. The van der Waals surface area contributed by atoms with Crippen LogP contribution in [-0.4, -0.2) is 18.3 Å². The zero-order chi connectivity index (χ0) is 13.7. The van der Waals surface area contributed by atoms with Crippen LogP contribution < -0.4 is 10.5 Å². The predicted octanol–water partition coefficient (Wildman–Crippen LogP) is 2.30. The summed E-state index contributed by atoms with van der Waals surface area (Å²) in [6.07, 6.45) is -0.0753. The van der Waals surface area contributed by atoms with Crippen LogP contribution >= 0.6 is 0 Å². The average Bonchev–Trinajstić information content (AvgIpc) is 2.47. The number of hydrogen-bond donors (Lipinski definition) is 2. The van der Waals surface area contributed by atoms with Crippen molar-refractivity contribution in [3.05, 3.63) is 65.7 Å². The topological polar surface area (TPSA) is 55.5 Å². The largest absolute Gasteiger partial charge is 0.497 e. The van der Waals surface area contributed by atoms with Crippen LogP contribution in [0.25, 0.3) is 0 Å². The summed E-state index contributed by atoms with van der Waals surface area (Å²) >= 11 is 0. The molecule has 2 aromatic carbocycles. The van der Waals surface area contributed by atoms with E-state index in [-0.39, 0.29) is 0 Å². The lowest BCUT2D eigenvalue weighted by molar-refractivity contribution is 0.145. The fraction of sp³-hybridized carbons (Fsp3) is 0.250. The number of benzene rings is 2. The van der Waals surface area contributed by atoms with Gasteiger partial charge in [0.2, 0.25) is 0 Å². The first-order valence-electron chi connectivity index (χ1n) is 6.32. The van der Waals surface area contributed by atoms with Crippen LogP contribution in [-0.2, 0) is 6.42 Å². The van der Waals surface area contributed by atoms with Crippen LogP contribution in [0, 0.1) is 0 Å². The summed E-state index contributed by atoms with van der Waals surface area (Å²) < 4.78 is 5.17. The number of ether oxygens (including phenoxy) is 1. The Labute approximate surface area is 113 Å². The van der Waals surface area contributed by atoms with E-state index in [9.17, 15) is 5.11 Å². The molecule has 3 heteroatoms. The molecule has 0 spiro atoms. The van der Waals surface area contributed by atoms with Crippen LogP contribution in [0.15, 0.2) is 54.6 Å². The van der Waals surface area contributed by atoms with Crippen LogP contribution in [0.4, 0.5) is 0 Å². The second-order valence-corrected chi connectivity index (χ2v) is 4.56. The molecule has 2 rings (SSSR count). The van der Waals surface area contributed by atoms with Crippen LogP contribution in [0.5, 0.6) is 5.75 Å². The van der Waals surface area contributed by atoms with Crippen molar-refractivity contribution in [1.29, 1.82) is 0 Å². The van der Waals surface area contributed by atoms with Crippen molar-refractivity contribution in [2.24, 2.45) is 5.73 Å². The lowest BCUT2D eigenvalue weighted by Gasteiger charge is -2.19. The van der Waals surface area contributed by atoms with E-state index in [0.717, 1.165) is 16.9 Å². The fourth-order valence-electron chi connectivity index (χ4n) is 2.05. The SMILES string of the molecule is COc1cccc([C@@H](N)[C@@H](O)Cc2ccccc2)c1. The monoisotopic (exact) mass is 257 g/mol. The van der Waals surface area contributed by atoms with Gasteiger partial charge in [-0.2, -0.15) is 0 Å². The molecule has 3 nitrogen and oxygen atoms in total. The van der Waals surface area contributed by atoms with E-state index in [2.05, 4.69) is 0 Å². The lowest BCUT2D eigenvalue weighted by Crippen LogP contribution is -2.28. The maximum Gasteiger partial charge on any atom is 0.119 e. The maximum absolute atomic E-state index is 10.2. The van der Waals surface area contributed by atoms with Crippen molar-refractivity contribution in [3.8, 4) is 5.75 Å². The molecule has 2 atom stereocenters. The number of nitrogens with two attached hydrogens (primary N) is 1. The Morgan fingerprint density at radius 1 is 1.11 bits per heavy atom. The highest BCUT2D eigenvalue weighted by molar-refractivity contribution is 5.31. The summed E-state index contributed by atoms with van der Waals surface area (Å²) in [5.41, 5.74) is 8.06. The van der Waals surface area contributed by atoms with Gasteiger partial charge in [-0.25, -0.2) is 0 Å². The molecular weight excluding hydrogens is 238 g/mol. The molecule has 0 bridgehead atoms. The van der Waals surface area contributed by atoms with Gasteiger partial charge in [0.05, 0.1) is 19.3 Å². The van der Waals surface area contributed by atoms with Crippen molar-refractivity contribution in [3.63, 3.8) is 0 Å². The molecule has 0 saturated heterocycles. The number of methoxy groups -OCH3 is 1. The van der Waals surface area contributed by atoms with E-state index < -0.39 is 12.1 Å². The summed E-state index contributed by atoms with van der Waals surface area (Å²) in [6, 6.07) is 16.9. The van der Waals surface area contributed by atoms with Crippen LogP contribution in [0.3, 0.4) is 0 Å². The molecule has 0 fully saturated rings. The summed E-state index contributed by atoms with van der Waals surface area (Å²) in [7, 11) is 1.62. The number of aliphatic hydroxyl groups is 1. The average molecular weight is 257 g/mol. The molecule has 2 aromatic rings. The molecular formula is C16H19NO2. The Kier molecular flexibility index (Phi) is 4.55. The highest BCUT2D eigenvalue weighted by Gasteiger charge is 2.17. The second-order valence-electron chi connectivity index (χ2n) is 4.56. The van der Waals surface area contributed by atoms with Crippen molar-refractivity contribution in [2.75, 3.05) is 7.11 Å². The predicted molar refractivity (Wildman–Crippen MR) is 76.1 cm³/mol. The third-order valence-corrected chi connectivity index (χ3v) is 3.18. The summed E-state index contributed by atoms with van der Waals surface area (Å²) in [4.78, 5) is 0. The highest BCUT2D eigenvalue weighted by Crippen LogP contribution is 2.21. The van der Waals surface area contributed by atoms with Gasteiger partial charge in [0.15, 0.2) is 0 Å². The van der Waals surface area contributed by atoms with Gasteiger partial charge in [-0.05, 0) is 23.3 Å². The van der Waals surface area contributed by atoms with Gasteiger partial charge in [-0.1, -0.05) is 42.5 Å². The van der Waals surface area contributed by atoms with Crippen molar-refractivity contribution < 1.29 is 9.84 Å². The van der Waals surface area contributed by atoms with E-state index in [0.29, 0.717) is 6.42 Å². The first kappa shape index (κ1) is 13.6. The molecule has 0 unspecified atom stereocenters. The number of aliphatic hydroxyl groups excluding tert-OH is 1. The van der Waals surface area contributed by atoms with Gasteiger partial charge >= 0.3 is 0 Å². The quantitative estimate of drug-likeness (QED) is 0.864. The van der Waals surface area contributed by atoms with Gasteiger partial charge in [0, 0.05) is 6.42 Å². The third kappa shape index (κ3) is 3.56. The minimum absolute atomic E-state index is 0.421. The molecule has 0 radical (unpaired) electrons. The molecule has 0 aliphatic carbocycles. The Morgan fingerprint density at radius 3 is 2.53 bits per heavy atom.